The van der Waals surface area contributed by atoms with E-state index in [4.69, 9.17) is 18.3 Å². The number of hydrogen-bond donors (Lipinski definition) is 3. The van der Waals surface area contributed by atoms with E-state index in [1.807, 2.05) is 0 Å². The summed E-state index contributed by atoms with van der Waals surface area (Å²) >= 11 is 0. The molecule has 1 aromatic heterocycles. The SMILES string of the molecule is COC(=O)[C@H](C)NP(=O)(OCC1OC(n2cc(/C=C\COP(=O)(N3CC3)N3CC3)c(=O)[nH]c2=O)C[C@@H]1O)Oc1ccccc1. The number of nitrogens with one attached hydrogen (secondary N) is 2. The van der Waals surface area contributed by atoms with Crippen molar-refractivity contribution in [3.63, 3.8) is 0 Å². The lowest BCUT2D eigenvalue weighted by atomic mass is 10.2. The summed E-state index contributed by atoms with van der Waals surface area (Å²) in [7, 11) is -6.03. The van der Waals surface area contributed by atoms with Crippen molar-refractivity contribution >= 4 is 27.5 Å². The minimum Gasteiger partial charge on any atom is -0.468 e. The molecule has 16 nitrogen and oxygen atoms in total. The predicted octanol–water partition coefficient (Wildman–Crippen LogP) is 1.31. The molecule has 3 aliphatic heterocycles. The molecule has 2 aromatic rings. The Morgan fingerprint density at radius 3 is 2.48 bits per heavy atom. The van der Waals surface area contributed by atoms with E-state index in [1.165, 1.54) is 32.4 Å². The number of ether oxygens (including phenoxy) is 2. The van der Waals surface area contributed by atoms with Gasteiger partial charge in [-0.2, -0.15) is 5.09 Å². The molecule has 3 aliphatic rings. The van der Waals surface area contributed by atoms with Crippen LogP contribution >= 0.6 is 15.4 Å². The predicted molar refractivity (Wildman–Crippen MR) is 157 cm³/mol. The van der Waals surface area contributed by atoms with Crippen LogP contribution in [0, 0.1) is 0 Å². The van der Waals surface area contributed by atoms with Crippen LogP contribution in [-0.4, -0.2) is 94.7 Å². The van der Waals surface area contributed by atoms with E-state index in [-0.39, 0.29) is 24.3 Å². The Labute approximate surface area is 252 Å². The second kappa shape index (κ2) is 13.6. The van der Waals surface area contributed by atoms with Crippen LogP contribution in [0.25, 0.3) is 6.08 Å². The largest absolute Gasteiger partial charge is 0.468 e. The zero-order valence-electron chi connectivity index (χ0n) is 24.1. The maximum Gasteiger partial charge on any atom is 0.459 e. The summed E-state index contributed by atoms with van der Waals surface area (Å²) in [5, 5.41) is 13.2. The first kappa shape index (κ1) is 32.5. The van der Waals surface area contributed by atoms with Gasteiger partial charge in [0.25, 0.3) is 5.56 Å². The van der Waals surface area contributed by atoms with E-state index in [9.17, 15) is 28.6 Å². The summed E-state index contributed by atoms with van der Waals surface area (Å²) in [5.41, 5.74) is -1.30. The maximum atomic E-state index is 13.6. The molecule has 0 radical (unpaired) electrons. The molecule has 0 spiro atoms. The minimum absolute atomic E-state index is 0.00532. The molecule has 0 amide bonds. The third kappa shape index (κ3) is 7.83. The number of H-pyrrole nitrogens is 1. The smallest absolute Gasteiger partial charge is 0.459 e. The highest BCUT2D eigenvalue weighted by Crippen LogP contribution is 2.60. The molecule has 3 saturated heterocycles. The highest BCUT2D eigenvalue weighted by atomic mass is 31.2. The van der Waals surface area contributed by atoms with Crippen LogP contribution in [0.15, 0.2) is 52.2 Å². The number of hydrogen-bond acceptors (Lipinski definition) is 11. The summed E-state index contributed by atoms with van der Waals surface area (Å²) in [4.78, 5) is 39.3. The number of carbonyl (C=O) groups is 1. The molecule has 0 aliphatic carbocycles. The highest BCUT2D eigenvalue weighted by Gasteiger charge is 2.49. The van der Waals surface area contributed by atoms with Crippen LogP contribution in [-0.2, 0) is 32.4 Å². The average Bonchev–Trinajstić information content (AvgIpc) is 3.92. The first-order chi connectivity index (χ1) is 21.0. The minimum atomic E-state index is -4.20. The number of aliphatic hydroxyl groups excluding tert-OH is 1. The van der Waals surface area contributed by atoms with Gasteiger partial charge < -0.3 is 23.6 Å². The van der Waals surface area contributed by atoms with Crippen LogP contribution in [0.4, 0.5) is 0 Å². The number of aliphatic hydroxyl groups is 1. The number of rotatable bonds is 15. The summed E-state index contributed by atoms with van der Waals surface area (Å²) in [6.45, 7) is 3.82. The quantitative estimate of drug-likeness (QED) is 0.141. The van der Waals surface area contributed by atoms with Crippen molar-refractivity contribution in [2.45, 2.75) is 37.8 Å². The average molecular weight is 656 g/mol. The Morgan fingerprint density at radius 2 is 1.84 bits per heavy atom. The second-order valence-electron chi connectivity index (χ2n) is 10.4. The molecule has 1 aromatic carbocycles. The van der Waals surface area contributed by atoms with Crippen molar-refractivity contribution in [2.24, 2.45) is 0 Å². The Bertz CT molecular complexity index is 1560. The van der Waals surface area contributed by atoms with E-state index in [0.29, 0.717) is 26.2 Å². The van der Waals surface area contributed by atoms with Crippen molar-refractivity contribution < 1.29 is 42.1 Å². The van der Waals surface area contributed by atoms with Gasteiger partial charge in [0.2, 0.25) is 0 Å². The van der Waals surface area contributed by atoms with E-state index in [1.54, 1.807) is 39.7 Å². The molecule has 0 saturated carbocycles. The fraction of sp³-hybridized carbons (Fsp3) is 0.500. The molecule has 18 heteroatoms. The first-order valence-electron chi connectivity index (χ1n) is 14.0. The monoisotopic (exact) mass is 655 g/mol. The third-order valence-corrected chi connectivity index (χ3v) is 11.4. The van der Waals surface area contributed by atoms with Crippen molar-refractivity contribution in [1.82, 2.24) is 24.0 Å². The Balaban J connectivity index is 1.24. The molecule has 5 atom stereocenters. The molecule has 240 valence electrons. The fourth-order valence-electron chi connectivity index (χ4n) is 4.47. The summed E-state index contributed by atoms with van der Waals surface area (Å²) in [5.74, 6) is -0.498. The third-order valence-electron chi connectivity index (χ3n) is 6.99. The van der Waals surface area contributed by atoms with Crippen molar-refractivity contribution in [3.05, 3.63) is 69.0 Å². The fourth-order valence-corrected chi connectivity index (χ4v) is 8.13. The highest BCUT2D eigenvalue weighted by molar-refractivity contribution is 7.54. The summed E-state index contributed by atoms with van der Waals surface area (Å²) in [6, 6.07) is 7.09. The van der Waals surface area contributed by atoms with Gasteiger partial charge in [0.15, 0.2) is 0 Å². The zero-order chi connectivity index (χ0) is 31.5. The van der Waals surface area contributed by atoms with Gasteiger partial charge in [0.1, 0.15) is 24.1 Å². The number of para-hydroxylation sites is 1. The Hall–Kier alpha value is -2.91. The molecule has 3 fully saturated rings. The van der Waals surface area contributed by atoms with Gasteiger partial charge in [-0.3, -0.25) is 28.2 Å². The van der Waals surface area contributed by atoms with E-state index < -0.39 is 63.7 Å². The number of carbonyl (C=O) groups excluding carboxylic acids is 1. The number of aromatic amines is 1. The molecular weight excluding hydrogens is 620 g/mol. The van der Waals surface area contributed by atoms with Gasteiger partial charge >= 0.3 is 27.1 Å². The number of aromatic nitrogens is 2. The van der Waals surface area contributed by atoms with Gasteiger partial charge in [-0.15, -0.1) is 0 Å². The zero-order valence-corrected chi connectivity index (χ0v) is 25.9. The van der Waals surface area contributed by atoms with Gasteiger partial charge in [0, 0.05) is 38.8 Å². The standard InChI is InChI=1S/C26H35N5O11P2/c1-18(25(34)38-2)28-43(36,42-20-8-4-3-5-9-20)40-17-22-21(32)15-23(41-22)31-16-19(24(33)27-26(31)35)7-6-14-39-44(37,29-10-11-29)30-12-13-30/h3-9,16,18,21-23,32H,10-15,17H2,1-2H3,(H,28,36)(H,27,33,35)/b7-6-/t18-,21-,22?,23?,43?/m0/s1. The number of esters is 1. The van der Waals surface area contributed by atoms with Gasteiger partial charge in [-0.1, -0.05) is 24.3 Å². The second-order valence-corrected chi connectivity index (χ2v) is 14.4. The summed E-state index contributed by atoms with van der Waals surface area (Å²) < 4.78 is 58.6. The normalized spacial score (nSPS) is 24.2. The van der Waals surface area contributed by atoms with Crippen LogP contribution in [0.2, 0.25) is 0 Å². The lowest BCUT2D eigenvalue weighted by Crippen LogP contribution is -2.36. The van der Waals surface area contributed by atoms with Crippen molar-refractivity contribution in [1.29, 1.82) is 0 Å². The number of benzene rings is 1. The van der Waals surface area contributed by atoms with Crippen LogP contribution in [0.1, 0.15) is 25.1 Å². The Morgan fingerprint density at radius 1 is 1.16 bits per heavy atom. The molecule has 44 heavy (non-hydrogen) atoms. The van der Waals surface area contributed by atoms with E-state index >= 15 is 0 Å². The number of nitrogens with zero attached hydrogens (tertiary/aromatic N) is 3. The molecule has 4 heterocycles. The molecule has 3 unspecified atom stereocenters. The molecule has 0 bridgehead atoms. The van der Waals surface area contributed by atoms with Crippen LogP contribution in [0.5, 0.6) is 5.75 Å². The lowest BCUT2D eigenvalue weighted by molar-refractivity contribution is -0.142. The molecular formula is C26H35N5O11P2. The molecule has 3 N–H and O–H groups in total. The first-order valence-corrected chi connectivity index (χ1v) is 17.0. The maximum absolute atomic E-state index is 13.6. The molecule has 5 rings (SSSR count). The van der Waals surface area contributed by atoms with E-state index in [2.05, 4.69) is 14.8 Å². The summed E-state index contributed by atoms with van der Waals surface area (Å²) in [6.07, 6.45) is 1.05. The van der Waals surface area contributed by atoms with Crippen LogP contribution < -0.4 is 20.9 Å². The van der Waals surface area contributed by atoms with Gasteiger partial charge in [-0.25, -0.2) is 18.7 Å². The van der Waals surface area contributed by atoms with Gasteiger partial charge in [-0.05, 0) is 25.1 Å². The van der Waals surface area contributed by atoms with Crippen molar-refractivity contribution in [2.75, 3.05) is 46.5 Å². The number of methoxy groups -OCH3 is 1. The van der Waals surface area contributed by atoms with Crippen molar-refractivity contribution in [3.8, 4) is 5.75 Å². The van der Waals surface area contributed by atoms with Crippen LogP contribution in [0.3, 0.4) is 0 Å². The Kier molecular flexibility index (Phi) is 10.0. The van der Waals surface area contributed by atoms with E-state index in [0.717, 1.165) is 4.57 Å². The van der Waals surface area contributed by atoms with Gasteiger partial charge in [0.05, 0.1) is 32.0 Å². The lowest BCUT2D eigenvalue weighted by Gasteiger charge is -2.24. The topological polar surface area (TPSA) is 190 Å².